The maximum absolute atomic E-state index is 12.7. The summed E-state index contributed by atoms with van der Waals surface area (Å²) in [5, 5.41) is 5.16. The van der Waals surface area contributed by atoms with Crippen LogP contribution >= 0.6 is 0 Å². The first-order valence-corrected chi connectivity index (χ1v) is 10.9. The molecule has 0 unspecified atom stereocenters. The van der Waals surface area contributed by atoms with Crippen LogP contribution in [0.15, 0.2) is 74.7 Å². The van der Waals surface area contributed by atoms with Gasteiger partial charge in [0.2, 0.25) is 5.76 Å². The third-order valence-electron chi connectivity index (χ3n) is 5.03. The third-order valence-corrected chi connectivity index (χ3v) is 5.03. The lowest BCUT2D eigenvalue weighted by atomic mass is 10.0. The number of ether oxygens (including phenoxy) is 3. The first kappa shape index (κ1) is 23.7. The van der Waals surface area contributed by atoms with Crippen LogP contribution < -0.4 is 15.4 Å². The van der Waals surface area contributed by atoms with Gasteiger partial charge in [0.1, 0.15) is 42.3 Å². The van der Waals surface area contributed by atoms with Crippen LogP contribution in [0.4, 0.5) is 4.79 Å². The van der Waals surface area contributed by atoms with Crippen LogP contribution in [0.25, 0.3) is 0 Å². The number of esters is 2. The zero-order chi connectivity index (χ0) is 24.8. The number of benzene rings is 1. The molecule has 182 valence electrons. The summed E-state index contributed by atoms with van der Waals surface area (Å²) in [6, 6.07) is 14.1. The van der Waals surface area contributed by atoms with Crippen molar-refractivity contribution in [2.45, 2.75) is 26.5 Å². The van der Waals surface area contributed by atoms with Crippen LogP contribution in [0.1, 0.15) is 40.8 Å². The van der Waals surface area contributed by atoms with Crippen LogP contribution in [-0.4, -0.2) is 31.2 Å². The molecule has 2 amide bonds. The zero-order valence-corrected chi connectivity index (χ0v) is 19.2. The van der Waals surface area contributed by atoms with Gasteiger partial charge >= 0.3 is 18.0 Å². The van der Waals surface area contributed by atoms with Gasteiger partial charge in [-0.25, -0.2) is 14.4 Å². The molecule has 10 heteroatoms. The van der Waals surface area contributed by atoms with Crippen LogP contribution in [0.5, 0.6) is 5.75 Å². The molecule has 0 bridgehead atoms. The van der Waals surface area contributed by atoms with Crippen molar-refractivity contribution in [3.8, 4) is 5.75 Å². The number of hydrogen-bond donors (Lipinski definition) is 2. The van der Waals surface area contributed by atoms with Crippen molar-refractivity contribution in [3.05, 3.63) is 88.9 Å². The van der Waals surface area contributed by atoms with Gasteiger partial charge in [0.05, 0.1) is 17.9 Å². The summed E-state index contributed by atoms with van der Waals surface area (Å²) in [6.45, 7) is 3.25. The van der Waals surface area contributed by atoms with Crippen LogP contribution in [-0.2, 0) is 20.9 Å². The average molecular weight is 480 g/mol. The standard InChI is InChI=1S/C25H24N2O8/c1-3-31-24(29)21-18(26-25(30)27-22(21)19-11-9-15(2)34-19)14-33-23(28)20-12-10-17(35-20)13-32-16-7-5-4-6-8-16/h4-12,22H,3,13-14H2,1-2H3,(H2,26,27,30)/t22-/m0/s1. The molecule has 1 aliphatic rings. The number of para-hydroxylation sites is 1. The minimum Gasteiger partial charge on any atom is -0.486 e. The molecule has 2 N–H and O–H groups in total. The Balaban J connectivity index is 1.48. The van der Waals surface area contributed by atoms with Gasteiger partial charge in [-0.05, 0) is 50.2 Å². The highest BCUT2D eigenvalue weighted by atomic mass is 16.6. The number of amides is 2. The number of aryl methyl sites for hydroxylation is 1. The second-order valence-electron chi connectivity index (χ2n) is 7.54. The van der Waals surface area contributed by atoms with Crippen molar-refractivity contribution >= 4 is 18.0 Å². The average Bonchev–Trinajstić information content (AvgIpc) is 3.51. The molecule has 1 aliphatic heterocycles. The molecule has 0 radical (unpaired) electrons. The highest BCUT2D eigenvalue weighted by Crippen LogP contribution is 2.29. The van der Waals surface area contributed by atoms with E-state index in [1.54, 1.807) is 44.2 Å². The van der Waals surface area contributed by atoms with Gasteiger partial charge in [-0.15, -0.1) is 0 Å². The topological polar surface area (TPSA) is 129 Å². The summed E-state index contributed by atoms with van der Waals surface area (Å²) in [5.74, 6) is 0.541. The Hall–Kier alpha value is -4.47. The second-order valence-corrected chi connectivity index (χ2v) is 7.54. The van der Waals surface area contributed by atoms with E-state index < -0.39 is 30.6 Å². The van der Waals surface area contributed by atoms with Crippen molar-refractivity contribution in [1.29, 1.82) is 0 Å². The first-order chi connectivity index (χ1) is 16.9. The number of nitrogens with one attached hydrogen (secondary N) is 2. The van der Waals surface area contributed by atoms with Crippen molar-refractivity contribution < 1.29 is 37.4 Å². The quantitative estimate of drug-likeness (QED) is 0.443. The molecule has 0 saturated carbocycles. The number of hydrogen-bond acceptors (Lipinski definition) is 8. The van der Waals surface area contributed by atoms with Crippen LogP contribution in [0.3, 0.4) is 0 Å². The predicted molar refractivity (Wildman–Crippen MR) is 121 cm³/mol. The molecule has 3 aromatic rings. The smallest absolute Gasteiger partial charge is 0.374 e. The number of furan rings is 2. The Morgan fingerprint density at radius 2 is 1.74 bits per heavy atom. The van der Waals surface area contributed by atoms with E-state index in [2.05, 4.69) is 10.6 Å². The molecular formula is C25H24N2O8. The fourth-order valence-corrected chi connectivity index (χ4v) is 3.45. The molecule has 0 fully saturated rings. The molecule has 3 heterocycles. The SMILES string of the molecule is CCOC(=O)C1=C(COC(=O)c2ccc(COc3ccccc3)o2)NC(=O)N[C@H]1c1ccc(C)o1. The molecule has 1 aromatic carbocycles. The zero-order valence-electron chi connectivity index (χ0n) is 19.2. The van der Waals surface area contributed by atoms with Gasteiger partial charge in [0, 0.05) is 0 Å². The Kier molecular flexibility index (Phi) is 7.20. The maximum Gasteiger partial charge on any atom is 0.374 e. The Morgan fingerprint density at radius 3 is 2.46 bits per heavy atom. The normalized spacial score (nSPS) is 15.3. The van der Waals surface area contributed by atoms with Gasteiger partial charge in [0.25, 0.3) is 0 Å². The van der Waals surface area contributed by atoms with Crippen molar-refractivity contribution in [3.63, 3.8) is 0 Å². The molecule has 0 aliphatic carbocycles. The summed E-state index contributed by atoms with van der Waals surface area (Å²) < 4.78 is 27.2. The van der Waals surface area contributed by atoms with Crippen molar-refractivity contribution in [2.24, 2.45) is 0 Å². The van der Waals surface area contributed by atoms with E-state index in [4.69, 9.17) is 23.0 Å². The molecule has 35 heavy (non-hydrogen) atoms. The summed E-state index contributed by atoms with van der Waals surface area (Å²) in [5.41, 5.74) is 0.156. The lowest BCUT2D eigenvalue weighted by Gasteiger charge is -2.27. The minimum atomic E-state index is -0.907. The largest absolute Gasteiger partial charge is 0.486 e. The van der Waals surface area contributed by atoms with Crippen LogP contribution in [0, 0.1) is 6.92 Å². The van der Waals surface area contributed by atoms with E-state index in [1.165, 1.54) is 6.07 Å². The fourth-order valence-electron chi connectivity index (χ4n) is 3.45. The summed E-state index contributed by atoms with van der Waals surface area (Å²) >= 11 is 0. The molecule has 1 atom stereocenters. The molecular weight excluding hydrogens is 456 g/mol. The number of rotatable bonds is 9. The Labute approximate surface area is 200 Å². The van der Waals surface area contributed by atoms with Gasteiger partial charge in [0.15, 0.2) is 0 Å². The lowest BCUT2D eigenvalue weighted by Crippen LogP contribution is -2.47. The summed E-state index contributed by atoms with van der Waals surface area (Å²) in [7, 11) is 0. The summed E-state index contributed by atoms with van der Waals surface area (Å²) in [6.07, 6.45) is 0. The first-order valence-electron chi connectivity index (χ1n) is 10.9. The molecule has 10 nitrogen and oxygen atoms in total. The molecule has 4 rings (SSSR count). The lowest BCUT2D eigenvalue weighted by molar-refractivity contribution is -0.139. The van der Waals surface area contributed by atoms with Crippen LogP contribution in [0.2, 0.25) is 0 Å². The van der Waals surface area contributed by atoms with Gasteiger partial charge in [-0.1, -0.05) is 18.2 Å². The van der Waals surface area contributed by atoms with E-state index >= 15 is 0 Å². The monoisotopic (exact) mass is 480 g/mol. The maximum atomic E-state index is 12.7. The van der Waals surface area contributed by atoms with Crippen molar-refractivity contribution in [1.82, 2.24) is 10.6 Å². The van der Waals surface area contributed by atoms with E-state index in [9.17, 15) is 14.4 Å². The Morgan fingerprint density at radius 1 is 0.943 bits per heavy atom. The van der Waals surface area contributed by atoms with Crippen molar-refractivity contribution in [2.75, 3.05) is 13.2 Å². The number of urea groups is 1. The Bertz CT molecular complexity index is 1240. The highest BCUT2D eigenvalue weighted by Gasteiger charge is 2.36. The molecule has 0 saturated heterocycles. The summed E-state index contributed by atoms with van der Waals surface area (Å²) in [4.78, 5) is 37.6. The molecule has 2 aromatic heterocycles. The minimum absolute atomic E-state index is 0.0478. The highest BCUT2D eigenvalue weighted by molar-refractivity contribution is 5.95. The number of carbonyl (C=O) groups excluding carboxylic acids is 3. The second kappa shape index (κ2) is 10.6. The van der Waals surface area contributed by atoms with Gasteiger partial charge in [-0.3, -0.25) is 0 Å². The van der Waals surface area contributed by atoms with E-state index in [1.807, 2.05) is 18.2 Å². The van der Waals surface area contributed by atoms with E-state index in [0.717, 1.165) is 0 Å². The predicted octanol–water partition coefficient (Wildman–Crippen LogP) is 3.79. The fraction of sp³-hybridized carbons (Fsp3) is 0.240. The number of carbonyl (C=O) groups is 3. The van der Waals surface area contributed by atoms with E-state index in [-0.39, 0.29) is 30.2 Å². The van der Waals surface area contributed by atoms with E-state index in [0.29, 0.717) is 23.0 Å². The third kappa shape index (κ3) is 5.72. The van der Waals surface area contributed by atoms with Gasteiger partial charge in [-0.2, -0.15) is 0 Å². The molecule has 0 spiro atoms. The van der Waals surface area contributed by atoms with Gasteiger partial charge < -0.3 is 33.7 Å².